The minimum Gasteiger partial charge on any atom is -0.348 e. The fourth-order valence-electron chi connectivity index (χ4n) is 2.64. The molecule has 0 saturated carbocycles. The van der Waals surface area contributed by atoms with E-state index in [9.17, 15) is 17.6 Å². The van der Waals surface area contributed by atoms with Crippen molar-refractivity contribution >= 4 is 28.2 Å². The molecular formula is C20H18FN3O3S. The molecule has 0 atom stereocenters. The number of hydrogen-bond donors (Lipinski definition) is 2. The van der Waals surface area contributed by atoms with Gasteiger partial charge in [-0.25, -0.2) is 17.1 Å². The second kappa shape index (κ2) is 8.62. The maximum Gasteiger partial charge on any atom is 0.251 e. The first kappa shape index (κ1) is 19.5. The van der Waals surface area contributed by atoms with Crippen LogP contribution >= 0.6 is 0 Å². The van der Waals surface area contributed by atoms with Gasteiger partial charge in [-0.1, -0.05) is 23.8 Å². The van der Waals surface area contributed by atoms with Gasteiger partial charge in [-0.3, -0.25) is 9.78 Å². The summed E-state index contributed by atoms with van der Waals surface area (Å²) >= 11 is 0. The molecule has 0 aliphatic carbocycles. The highest BCUT2D eigenvalue weighted by atomic mass is 32.2. The smallest absolute Gasteiger partial charge is 0.251 e. The van der Waals surface area contributed by atoms with E-state index < -0.39 is 22.6 Å². The molecule has 28 heavy (non-hydrogen) atoms. The number of hydrogen-bond acceptors (Lipinski definition) is 4. The van der Waals surface area contributed by atoms with E-state index in [1.54, 1.807) is 48.8 Å². The lowest BCUT2D eigenvalue weighted by molar-refractivity contribution is 0.0950. The van der Waals surface area contributed by atoms with Gasteiger partial charge >= 0.3 is 0 Å². The van der Waals surface area contributed by atoms with Crippen LogP contribution in [0.4, 0.5) is 15.8 Å². The van der Waals surface area contributed by atoms with Gasteiger partial charge in [0.25, 0.3) is 5.91 Å². The molecule has 0 radical (unpaired) electrons. The Balaban J connectivity index is 1.88. The van der Waals surface area contributed by atoms with Gasteiger partial charge < -0.3 is 5.32 Å². The second-order valence-electron chi connectivity index (χ2n) is 6.13. The Kier molecular flexibility index (Phi) is 6.00. The predicted molar refractivity (Wildman–Crippen MR) is 105 cm³/mol. The zero-order valence-corrected chi connectivity index (χ0v) is 15.9. The maximum atomic E-state index is 14.1. The van der Waals surface area contributed by atoms with Crippen molar-refractivity contribution in [1.82, 2.24) is 10.3 Å². The Morgan fingerprint density at radius 2 is 1.86 bits per heavy atom. The molecular weight excluding hydrogens is 381 g/mol. The van der Waals surface area contributed by atoms with Gasteiger partial charge in [0.05, 0.1) is 11.4 Å². The van der Waals surface area contributed by atoms with Gasteiger partial charge in [0.1, 0.15) is 5.82 Å². The predicted octanol–water partition coefficient (Wildman–Crippen LogP) is 3.12. The topological polar surface area (TPSA) is 79.4 Å². The SMILES string of the molecule is Cc1ccc(N(c2cc(F)cc(C(=O)NCc3cccnc3)c2)[SH](=O)=O)cc1. The molecule has 144 valence electrons. The van der Waals surface area contributed by atoms with Gasteiger partial charge in [0, 0.05) is 24.5 Å². The van der Waals surface area contributed by atoms with Crippen LogP contribution in [-0.4, -0.2) is 19.3 Å². The number of benzene rings is 2. The molecule has 3 rings (SSSR count). The van der Waals surface area contributed by atoms with Crippen LogP contribution in [0.5, 0.6) is 0 Å². The highest BCUT2D eigenvalue weighted by molar-refractivity contribution is 7.74. The Morgan fingerprint density at radius 1 is 1.11 bits per heavy atom. The van der Waals surface area contributed by atoms with E-state index in [2.05, 4.69) is 10.3 Å². The maximum absolute atomic E-state index is 14.1. The summed E-state index contributed by atoms with van der Waals surface area (Å²) in [5.41, 5.74) is 2.17. The normalized spacial score (nSPS) is 10.7. The number of nitrogens with zero attached hydrogens (tertiary/aromatic N) is 2. The average molecular weight is 399 g/mol. The van der Waals surface area contributed by atoms with Crippen LogP contribution in [0.1, 0.15) is 21.5 Å². The summed E-state index contributed by atoms with van der Waals surface area (Å²) in [5.74, 6) is -1.23. The summed E-state index contributed by atoms with van der Waals surface area (Å²) in [7, 11) is -3.09. The number of carbonyl (C=O) groups is 1. The molecule has 1 amide bonds. The molecule has 1 aromatic heterocycles. The van der Waals surface area contributed by atoms with Crippen molar-refractivity contribution in [2.24, 2.45) is 0 Å². The molecule has 1 heterocycles. The number of aryl methyl sites for hydroxylation is 1. The highest BCUT2D eigenvalue weighted by Gasteiger charge is 2.16. The summed E-state index contributed by atoms with van der Waals surface area (Å²) in [4.78, 5) is 16.4. The first-order valence-electron chi connectivity index (χ1n) is 8.43. The number of pyridine rings is 1. The number of anilines is 2. The van der Waals surface area contributed by atoms with Crippen molar-refractivity contribution in [2.45, 2.75) is 13.5 Å². The van der Waals surface area contributed by atoms with Gasteiger partial charge in [-0.15, -0.1) is 0 Å². The Hall–Kier alpha value is -3.26. The molecule has 0 aliphatic heterocycles. The van der Waals surface area contributed by atoms with Crippen LogP contribution in [-0.2, 0) is 17.4 Å². The molecule has 1 N–H and O–H groups in total. The minimum absolute atomic E-state index is 0.0212. The second-order valence-corrected chi connectivity index (χ2v) is 7.00. The van der Waals surface area contributed by atoms with Crippen LogP contribution in [0.3, 0.4) is 0 Å². The van der Waals surface area contributed by atoms with Crippen LogP contribution in [0.15, 0.2) is 67.0 Å². The molecule has 8 heteroatoms. The Labute approximate surface area is 163 Å². The number of carbonyl (C=O) groups excluding carboxylic acids is 1. The summed E-state index contributed by atoms with van der Waals surface area (Å²) in [6.07, 6.45) is 3.23. The summed E-state index contributed by atoms with van der Waals surface area (Å²) < 4.78 is 38.8. The summed E-state index contributed by atoms with van der Waals surface area (Å²) in [6, 6.07) is 13.8. The van der Waals surface area contributed by atoms with E-state index in [4.69, 9.17) is 0 Å². The Bertz CT molecular complexity index is 1050. The fraction of sp³-hybridized carbons (Fsp3) is 0.100. The fourth-order valence-corrected chi connectivity index (χ4v) is 3.26. The van der Waals surface area contributed by atoms with Crippen LogP contribution < -0.4 is 9.62 Å². The third kappa shape index (κ3) is 4.72. The summed E-state index contributed by atoms with van der Waals surface area (Å²) in [6.45, 7) is 2.09. The van der Waals surface area contributed by atoms with E-state index in [-0.39, 0.29) is 17.8 Å². The van der Waals surface area contributed by atoms with Crippen LogP contribution in [0.25, 0.3) is 0 Å². The van der Waals surface area contributed by atoms with Gasteiger partial charge in [0.2, 0.25) is 10.9 Å². The molecule has 0 spiro atoms. The largest absolute Gasteiger partial charge is 0.348 e. The van der Waals surface area contributed by atoms with E-state index in [0.29, 0.717) is 5.69 Å². The molecule has 0 aliphatic rings. The zero-order chi connectivity index (χ0) is 20.1. The zero-order valence-electron chi connectivity index (χ0n) is 15.0. The molecule has 0 fully saturated rings. The van der Waals surface area contributed by atoms with Crippen LogP contribution in [0.2, 0.25) is 0 Å². The average Bonchev–Trinajstić information content (AvgIpc) is 2.68. The lowest BCUT2D eigenvalue weighted by Crippen LogP contribution is -2.23. The van der Waals surface area contributed by atoms with Crippen molar-refractivity contribution in [1.29, 1.82) is 0 Å². The number of amides is 1. The van der Waals surface area contributed by atoms with Gasteiger partial charge in [0.15, 0.2) is 0 Å². The first-order chi connectivity index (χ1) is 13.4. The molecule has 2 aromatic carbocycles. The monoisotopic (exact) mass is 399 g/mol. The number of aromatic nitrogens is 1. The Morgan fingerprint density at radius 3 is 2.50 bits per heavy atom. The number of nitrogens with one attached hydrogen (secondary N) is 1. The van der Waals surface area contributed by atoms with Crippen molar-refractivity contribution in [3.8, 4) is 0 Å². The standard InChI is InChI=1S/C20H18FN3O3S/c1-14-4-6-18(7-5-14)24(28(26)27)19-10-16(9-17(21)11-19)20(25)23-13-15-3-2-8-22-12-15/h2-12,28H,13H2,1H3,(H,23,25). The summed E-state index contributed by atoms with van der Waals surface area (Å²) in [5, 5.41) is 2.67. The van der Waals surface area contributed by atoms with Crippen molar-refractivity contribution in [3.63, 3.8) is 0 Å². The van der Waals surface area contributed by atoms with E-state index in [1.807, 2.05) is 6.92 Å². The molecule has 0 bridgehead atoms. The van der Waals surface area contributed by atoms with E-state index in [0.717, 1.165) is 27.6 Å². The van der Waals surface area contributed by atoms with Gasteiger partial charge in [-0.2, -0.15) is 0 Å². The quantitative estimate of drug-likeness (QED) is 0.624. The van der Waals surface area contributed by atoms with Crippen molar-refractivity contribution in [3.05, 3.63) is 89.5 Å². The molecule has 0 saturated heterocycles. The first-order valence-corrected chi connectivity index (χ1v) is 9.56. The van der Waals surface area contributed by atoms with Crippen LogP contribution in [0, 0.1) is 12.7 Å². The molecule has 0 unspecified atom stereocenters. The third-order valence-electron chi connectivity index (χ3n) is 4.01. The van der Waals surface area contributed by atoms with E-state index in [1.165, 1.54) is 6.07 Å². The number of halogens is 1. The minimum atomic E-state index is -3.09. The number of rotatable bonds is 6. The van der Waals surface area contributed by atoms with Gasteiger partial charge in [-0.05, 0) is 48.9 Å². The number of thiol groups is 1. The molecule has 6 nitrogen and oxygen atoms in total. The van der Waals surface area contributed by atoms with Crippen molar-refractivity contribution in [2.75, 3.05) is 4.31 Å². The molecule has 3 aromatic rings. The highest BCUT2D eigenvalue weighted by Crippen LogP contribution is 2.27. The lowest BCUT2D eigenvalue weighted by Gasteiger charge is -2.19. The van der Waals surface area contributed by atoms with Crippen molar-refractivity contribution < 1.29 is 17.6 Å². The third-order valence-corrected chi connectivity index (χ3v) is 4.80. The van der Waals surface area contributed by atoms with E-state index >= 15 is 0 Å². The lowest BCUT2D eigenvalue weighted by atomic mass is 10.1.